The summed E-state index contributed by atoms with van der Waals surface area (Å²) in [6.45, 7) is 4.00. The number of rotatable bonds is 27. The molecule has 0 unspecified atom stereocenters. The van der Waals surface area contributed by atoms with Crippen molar-refractivity contribution in [2.75, 3.05) is 13.3 Å². The number of carbonyl (C=O) groups excluding carboxylic acids is 8. The number of nitrogens with one attached hydrogen (secondary N) is 3. The molecule has 4 amide bonds. The van der Waals surface area contributed by atoms with Crippen LogP contribution in [0, 0.1) is 5.92 Å². The smallest absolute Gasteiger partial charge is 0.363 e. The van der Waals surface area contributed by atoms with Gasteiger partial charge in [-0.25, -0.2) is 14.4 Å². The Bertz CT molecular complexity index is 2870. The second-order valence-corrected chi connectivity index (χ2v) is 17.0. The molecule has 1 aromatic heterocycles. The number of Topliss-reactive ketones (excluding diaryl/α,β-unsaturated/α-hetero) is 1. The fourth-order valence-electron chi connectivity index (χ4n) is 7.88. The van der Waals surface area contributed by atoms with E-state index in [0.717, 1.165) is 34.2 Å². The van der Waals surface area contributed by atoms with E-state index in [0.29, 0.717) is 30.4 Å². The normalized spacial score (nSPS) is 12.0. The fourth-order valence-corrected chi connectivity index (χ4v) is 7.88. The molecule has 6 aromatic rings. The maximum atomic E-state index is 13.9. The van der Waals surface area contributed by atoms with Crippen LogP contribution in [-0.2, 0) is 51.5 Å². The Hall–Kier alpha value is -8.60. The van der Waals surface area contributed by atoms with Crippen LogP contribution in [0.2, 0.25) is 0 Å². The Kier molecular flexibility index (Phi) is 20.0. The molecule has 0 bridgehead atoms. The molecule has 0 aliphatic heterocycles. The third kappa shape index (κ3) is 15.7. The number of esters is 2. The van der Waals surface area contributed by atoms with Crippen molar-refractivity contribution in [2.24, 2.45) is 5.92 Å². The van der Waals surface area contributed by atoms with Crippen LogP contribution in [-0.4, -0.2) is 78.2 Å². The molecule has 0 aliphatic carbocycles. The average molecular weight is 995 g/mol. The highest BCUT2D eigenvalue weighted by Crippen LogP contribution is 2.30. The van der Waals surface area contributed by atoms with Gasteiger partial charge in [0, 0.05) is 12.0 Å². The third-order valence-electron chi connectivity index (χ3n) is 11.7. The van der Waals surface area contributed by atoms with Crippen molar-refractivity contribution in [1.82, 2.24) is 21.0 Å². The lowest BCUT2D eigenvalue weighted by atomic mass is 9.90. The monoisotopic (exact) mass is 994 g/mol. The SMILES string of the molecule is CCCCC[C@@H](C(=O)NCNC(=O)c1ccc(-c2ccc(C(=O)N[C@@H](CC(C)=O)C(=O)OCc3ccccc3)c(OCC(=O)OCc3ccccc3)c2)o1)[C@@H](CC)N(C=O)OC(=O)c1ccc2ccccc2c1. The minimum Gasteiger partial charge on any atom is -0.481 e. The van der Waals surface area contributed by atoms with E-state index in [4.69, 9.17) is 23.5 Å². The Morgan fingerprint density at radius 1 is 0.712 bits per heavy atom. The molecular weight excluding hydrogens is 937 g/mol. The van der Waals surface area contributed by atoms with E-state index < -0.39 is 60.2 Å². The third-order valence-corrected chi connectivity index (χ3v) is 11.7. The molecule has 0 saturated heterocycles. The Morgan fingerprint density at radius 2 is 1.40 bits per heavy atom. The van der Waals surface area contributed by atoms with Gasteiger partial charge >= 0.3 is 17.9 Å². The van der Waals surface area contributed by atoms with E-state index in [2.05, 4.69) is 16.0 Å². The van der Waals surface area contributed by atoms with Crippen molar-refractivity contribution in [2.45, 2.75) is 84.6 Å². The number of furan rings is 1. The number of hydrogen-bond donors (Lipinski definition) is 3. The van der Waals surface area contributed by atoms with Gasteiger partial charge in [0.1, 0.15) is 36.5 Å². The van der Waals surface area contributed by atoms with Gasteiger partial charge in [-0.15, -0.1) is 0 Å². The van der Waals surface area contributed by atoms with Crippen LogP contribution in [0.15, 0.2) is 138 Å². The predicted molar refractivity (Wildman–Crippen MR) is 268 cm³/mol. The number of nitrogens with zero attached hydrogens (tertiary/aromatic N) is 1. The standard InChI is InChI=1S/C56H58N4O13/c1-4-6-9-22-44(47(5-2)60(36-61)73-55(67)43-24-23-40-20-14-15-21-41(40)30-43)52(64)57-35-58-54(66)49-28-27-48(72-49)42-25-26-45(50(31-42)69-34-51(63)70-32-38-16-10-7-11-17-38)53(65)59-46(29-37(3)62)56(68)71-33-39-18-12-8-13-19-39/h7-8,10-21,23-28,30-31,36,44,46-47H,4-6,9,22,29,32-35H2,1-3H3,(H,57,64)(H,58,66)(H,59,65)/t44-,46+,47-/m1/s1. The number of ether oxygens (including phenoxy) is 3. The largest absolute Gasteiger partial charge is 0.481 e. The van der Waals surface area contributed by atoms with Gasteiger partial charge in [0.2, 0.25) is 12.3 Å². The predicted octanol–water partition coefficient (Wildman–Crippen LogP) is 8.05. The molecule has 6 rings (SSSR count). The molecule has 3 N–H and O–H groups in total. The molecule has 0 fully saturated rings. The van der Waals surface area contributed by atoms with Crippen LogP contribution in [0.1, 0.15) is 102 Å². The summed E-state index contributed by atoms with van der Waals surface area (Å²) < 4.78 is 22.6. The zero-order valence-electron chi connectivity index (χ0n) is 40.8. The van der Waals surface area contributed by atoms with E-state index in [-0.39, 0.29) is 66.9 Å². The summed E-state index contributed by atoms with van der Waals surface area (Å²) in [5, 5.41) is 10.5. The van der Waals surface area contributed by atoms with E-state index in [1.807, 2.05) is 43.3 Å². The minimum absolute atomic E-state index is 0.0306. The Labute approximate surface area is 422 Å². The van der Waals surface area contributed by atoms with Crippen LogP contribution in [0.4, 0.5) is 0 Å². The number of ketones is 1. The quantitative estimate of drug-likeness (QED) is 0.0146. The van der Waals surface area contributed by atoms with Crippen molar-refractivity contribution >= 4 is 58.6 Å². The van der Waals surface area contributed by atoms with Crippen molar-refractivity contribution in [3.63, 3.8) is 0 Å². The summed E-state index contributed by atoms with van der Waals surface area (Å²) in [5.74, 6) is -5.62. The van der Waals surface area contributed by atoms with Crippen LogP contribution < -0.4 is 20.7 Å². The minimum atomic E-state index is -1.36. The van der Waals surface area contributed by atoms with Gasteiger partial charge in [0.05, 0.1) is 29.8 Å². The average Bonchev–Trinajstić information content (AvgIpc) is 3.91. The van der Waals surface area contributed by atoms with E-state index in [1.54, 1.807) is 73.7 Å². The van der Waals surface area contributed by atoms with Crippen LogP contribution in [0.25, 0.3) is 22.1 Å². The Balaban J connectivity index is 1.13. The maximum absolute atomic E-state index is 13.9. The van der Waals surface area contributed by atoms with Gasteiger partial charge in [0.15, 0.2) is 12.4 Å². The fraction of sp³-hybridized carbons (Fsp3) is 0.286. The first-order valence-corrected chi connectivity index (χ1v) is 23.9. The summed E-state index contributed by atoms with van der Waals surface area (Å²) in [5.41, 5.74) is 1.88. The van der Waals surface area contributed by atoms with Gasteiger partial charge in [-0.05, 0) is 78.1 Å². The lowest BCUT2D eigenvalue weighted by Crippen LogP contribution is -2.49. The zero-order chi connectivity index (χ0) is 52.1. The first kappa shape index (κ1) is 53.7. The van der Waals surface area contributed by atoms with Crippen LogP contribution >= 0.6 is 0 Å². The van der Waals surface area contributed by atoms with Crippen molar-refractivity contribution in [3.8, 4) is 17.1 Å². The van der Waals surface area contributed by atoms with Crippen molar-refractivity contribution < 1.29 is 61.8 Å². The first-order valence-electron chi connectivity index (χ1n) is 23.9. The summed E-state index contributed by atoms with van der Waals surface area (Å²) in [6.07, 6.45) is 3.01. The van der Waals surface area contributed by atoms with Gasteiger partial charge < -0.3 is 39.4 Å². The van der Waals surface area contributed by atoms with E-state index in [1.165, 1.54) is 37.3 Å². The van der Waals surface area contributed by atoms with Crippen molar-refractivity contribution in [3.05, 3.63) is 161 Å². The van der Waals surface area contributed by atoms with Gasteiger partial charge in [0.25, 0.3) is 11.8 Å². The molecule has 17 nitrogen and oxygen atoms in total. The molecule has 1 heterocycles. The second-order valence-electron chi connectivity index (χ2n) is 17.0. The lowest BCUT2D eigenvalue weighted by Gasteiger charge is -2.31. The Morgan fingerprint density at radius 3 is 2.07 bits per heavy atom. The highest BCUT2D eigenvalue weighted by molar-refractivity contribution is 6.01. The number of fused-ring (bicyclic) bond motifs is 1. The molecule has 17 heteroatoms. The summed E-state index contributed by atoms with van der Waals surface area (Å²) in [7, 11) is 0. The summed E-state index contributed by atoms with van der Waals surface area (Å²) in [6, 6.07) is 35.4. The number of unbranched alkanes of at least 4 members (excludes halogenated alkanes) is 2. The van der Waals surface area contributed by atoms with Gasteiger partial charge in [-0.2, -0.15) is 5.06 Å². The molecule has 0 aliphatic rings. The molecule has 5 aromatic carbocycles. The highest BCUT2D eigenvalue weighted by atomic mass is 16.7. The molecule has 380 valence electrons. The lowest BCUT2D eigenvalue weighted by molar-refractivity contribution is -0.171. The van der Waals surface area contributed by atoms with E-state index >= 15 is 0 Å². The summed E-state index contributed by atoms with van der Waals surface area (Å²) in [4.78, 5) is 111. The molecule has 73 heavy (non-hydrogen) atoms. The highest BCUT2D eigenvalue weighted by Gasteiger charge is 2.34. The van der Waals surface area contributed by atoms with Gasteiger partial charge in [-0.1, -0.05) is 130 Å². The number of carbonyl (C=O) groups is 8. The summed E-state index contributed by atoms with van der Waals surface area (Å²) >= 11 is 0. The molecule has 0 saturated carbocycles. The molecule has 3 atom stereocenters. The second kappa shape index (κ2) is 27.1. The zero-order valence-corrected chi connectivity index (χ0v) is 40.8. The molecule has 0 spiro atoms. The molecular formula is C56H58N4O13. The van der Waals surface area contributed by atoms with Crippen molar-refractivity contribution in [1.29, 1.82) is 0 Å². The number of hydroxylamine groups is 2. The van der Waals surface area contributed by atoms with E-state index in [9.17, 15) is 38.4 Å². The van der Waals surface area contributed by atoms with Gasteiger partial charge in [-0.3, -0.25) is 24.0 Å². The first-order chi connectivity index (χ1) is 35.4. The number of benzene rings is 5. The number of amides is 4. The molecule has 0 radical (unpaired) electrons. The van der Waals surface area contributed by atoms with Crippen LogP contribution in [0.5, 0.6) is 5.75 Å². The maximum Gasteiger partial charge on any atom is 0.363 e. The number of hydrogen-bond acceptors (Lipinski definition) is 13. The topological polar surface area (TPSA) is 226 Å². The van der Waals surface area contributed by atoms with Crippen LogP contribution in [0.3, 0.4) is 0 Å².